The minimum absolute atomic E-state index is 0.0501. The Labute approximate surface area is 121 Å². The number of halogens is 2. The average molecular weight is 321 g/mol. The Hall–Kier alpha value is -1.18. The van der Waals surface area contributed by atoms with Crippen LogP contribution < -0.4 is 5.14 Å². The van der Waals surface area contributed by atoms with Crippen molar-refractivity contribution in [3.8, 4) is 0 Å². The van der Waals surface area contributed by atoms with Crippen LogP contribution in [0.1, 0.15) is 30.1 Å². The van der Waals surface area contributed by atoms with Gasteiger partial charge >= 0.3 is 0 Å². The first-order chi connectivity index (χ1) is 9.25. The van der Waals surface area contributed by atoms with Crippen molar-refractivity contribution in [2.75, 3.05) is 6.54 Å². The van der Waals surface area contributed by atoms with Gasteiger partial charge in [0, 0.05) is 12.6 Å². The number of primary sulfonamides is 1. The molecular formula is C12H14ClFN2O3S. The highest BCUT2D eigenvalue weighted by Gasteiger charge is 2.33. The molecule has 1 aromatic carbocycles. The predicted octanol–water partition coefficient (Wildman–Crippen LogP) is 1.75. The van der Waals surface area contributed by atoms with Crippen molar-refractivity contribution in [1.29, 1.82) is 0 Å². The Morgan fingerprint density at radius 1 is 1.50 bits per heavy atom. The van der Waals surface area contributed by atoms with Crippen LogP contribution >= 0.6 is 11.6 Å². The standard InChI is InChI=1S/C12H14ClFN2O3S/c1-2-16(7-3-4-7)12(17)8-5-11(20(15,18)19)10(14)6-9(8)13/h5-7H,2-4H2,1H3,(H2,15,18,19). The molecule has 0 aromatic heterocycles. The van der Waals surface area contributed by atoms with E-state index in [0.29, 0.717) is 6.54 Å². The summed E-state index contributed by atoms with van der Waals surface area (Å²) >= 11 is 5.85. The third-order valence-electron chi connectivity index (χ3n) is 3.15. The van der Waals surface area contributed by atoms with Crippen molar-refractivity contribution in [2.45, 2.75) is 30.7 Å². The van der Waals surface area contributed by atoms with Crippen molar-refractivity contribution >= 4 is 27.5 Å². The van der Waals surface area contributed by atoms with Crippen LogP contribution in [0.5, 0.6) is 0 Å². The number of nitrogens with zero attached hydrogens (tertiary/aromatic N) is 1. The summed E-state index contributed by atoms with van der Waals surface area (Å²) in [5.74, 6) is -1.48. The number of carbonyl (C=O) groups excluding carboxylic acids is 1. The quantitative estimate of drug-likeness (QED) is 0.917. The summed E-state index contributed by atoms with van der Waals surface area (Å²) in [6, 6.07) is 1.85. The molecule has 5 nitrogen and oxygen atoms in total. The largest absolute Gasteiger partial charge is 0.336 e. The zero-order chi connectivity index (χ0) is 15.1. The number of amides is 1. The van der Waals surface area contributed by atoms with Crippen LogP contribution in [-0.2, 0) is 10.0 Å². The fraction of sp³-hybridized carbons (Fsp3) is 0.417. The van der Waals surface area contributed by atoms with Crippen LogP contribution in [0.15, 0.2) is 17.0 Å². The second kappa shape index (κ2) is 5.31. The molecule has 0 aliphatic heterocycles. The molecule has 1 amide bonds. The van der Waals surface area contributed by atoms with E-state index in [1.807, 2.05) is 6.92 Å². The zero-order valence-corrected chi connectivity index (χ0v) is 12.3. The molecule has 0 unspecified atom stereocenters. The van der Waals surface area contributed by atoms with Gasteiger partial charge in [0.15, 0.2) is 0 Å². The van der Waals surface area contributed by atoms with E-state index in [1.54, 1.807) is 4.90 Å². The highest BCUT2D eigenvalue weighted by atomic mass is 35.5. The Balaban J connectivity index is 2.48. The van der Waals surface area contributed by atoms with Crippen molar-refractivity contribution in [3.05, 3.63) is 28.5 Å². The second-order valence-corrected chi connectivity index (χ2v) is 6.57. The number of nitrogens with two attached hydrogens (primary N) is 1. The molecule has 0 heterocycles. The summed E-state index contributed by atoms with van der Waals surface area (Å²) in [4.78, 5) is 13.2. The fourth-order valence-electron chi connectivity index (χ4n) is 2.02. The highest BCUT2D eigenvalue weighted by Crippen LogP contribution is 2.30. The summed E-state index contributed by atoms with van der Waals surface area (Å²) in [6.07, 6.45) is 1.81. The molecule has 20 heavy (non-hydrogen) atoms. The van der Waals surface area contributed by atoms with E-state index >= 15 is 0 Å². The van der Waals surface area contributed by atoms with Gasteiger partial charge in [0.25, 0.3) is 5.91 Å². The fourth-order valence-corrected chi connectivity index (χ4v) is 2.86. The summed E-state index contributed by atoms with van der Waals surface area (Å²) < 4.78 is 36.2. The first kappa shape index (κ1) is 15.2. The van der Waals surface area contributed by atoms with Crippen molar-refractivity contribution in [3.63, 3.8) is 0 Å². The van der Waals surface area contributed by atoms with Gasteiger partial charge in [-0.05, 0) is 31.9 Å². The van der Waals surface area contributed by atoms with Crippen LogP contribution in [0.3, 0.4) is 0 Å². The molecule has 0 atom stereocenters. The zero-order valence-electron chi connectivity index (χ0n) is 10.8. The van der Waals surface area contributed by atoms with E-state index in [4.69, 9.17) is 16.7 Å². The minimum atomic E-state index is -4.25. The minimum Gasteiger partial charge on any atom is -0.336 e. The third kappa shape index (κ3) is 2.94. The first-order valence-electron chi connectivity index (χ1n) is 6.08. The molecule has 8 heteroatoms. The van der Waals surface area contributed by atoms with Crippen LogP contribution in [0.4, 0.5) is 4.39 Å². The molecular weight excluding hydrogens is 307 g/mol. The highest BCUT2D eigenvalue weighted by molar-refractivity contribution is 7.89. The van der Waals surface area contributed by atoms with Crippen LogP contribution in [-0.4, -0.2) is 31.8 Å². The summed E-state index contributed by atoms with van der Waals surface area (Å²) in [5, 5.41) is 4.80. The van der Waals surface area contributed by atoms with Gasteiger partial charge in [0.05, 0.1) is 10.6 Å². The maximum absolute atomic E-state index is 13.6. The van der Waals surface area contributed by atoms with Gasteiger partial charge in [0.1, 0.15) is 10.7 Å². The summed E-state index contributed by atoms with van der Waals surface area (Å²) in [7, 11) is -4.25. The topological polar surface area (TPSA) is 80.5 Å². The lowest BCUT2D eigenvalue weighted by Crippen LogP contribution is -2.33. The molecule has 1 aromatic rings. The van der Waals surface area contributed by atoms with E-state index in [1.165, 1.54) is 0 Å². The van der Waals surface area contributed by atoms with E-state index < -0.39 is 26.6 Å². The molecule has 2 N–H and O–H groups in total. The molecule has 0 radical (unpaired) electrons. The second-order valence-electron chi connectivity index (χ2n) is 4.63. The Bertz CT molecular complexity index is 659. The lowest BCUT2D eigenvalue weighted by atomic mass is 10.2. The van der Waals surface area contributed by atoms with Gasteiger partial charge in [-0.2, -0.15) is 0 Å². The van der Waals surface area contributed by atoms with E-state index in [0.717, 1.165) is 25.0 Å². The monoisotopic (exact) mass is 320 g/mol. The predicted molar refractivity (Wildman–Crippen MR) is 72.5 cm³/mol. The smallest absolute Gasteiger partial charge is 0.255 e. The number of rotatable bonds is 4. The van der Waals surface area contributed by atoms with E-state index in [9.17, 15) is 17.6 Å². The van der Waals surface area contributed by atoms with Gasteiger partial charge in [-0.1, -0.05) is 11.6 Å². The number of hydrogen-bond donors (Lipinski definition) is 1. The van der Waals surface area contributed by atoms with E-state index in [2.05, 4.69) is 0 Å². The Morgan fingerprint density at radius 2 is 2.10 bits per heavy atom. The molecule has 2 rings (SSSR count). The Morgan fingerprint density at radius 3 is 2.55 bits per heavy atom. The van der Waals surface area contributed by atoms with Crippen LogP contribution in [0, 0.1) is 5.82 Å². The van der Waals surface area contributed by atoms with Gasteiger partial charge < -0.3 is 4.90 Å². The Kier molecular flexibility index (Phi) is 4.04. The molecule has 1 aliphatic rings. The lowest BCUT2D eigenvalue weighted by molar-refractivity contribution is 0.0752. The number of carbonyl (C=O) groups is 1. The number of sulfonamides is 1. The van der Waals surface area contributed by atoms with Crippen molar-refractivity contribution < 1.29 is 17.6 Å². The normalized spacial score (nSPS) is 15.2. The molecule has 0 bridgehead atoms. The summed E-state index contributed by atoms with van der Waals surface area (Å²) in [5.41, 5.74) is -0.0501. The number of hydrogen-bond acceptors (Lipinski definition) is 3. The van der Waals surface area contributed by atoms with Gasteiger partial charge in [-0.25, -0.2) is 17.9 Å². The van der Waals surface area contributed by atoms with Crippen LogP contribution in [0.2, 0.25) is 5.02 Å². The summed E-state index contributed by atoms with van der Waals surface area (Å²) in [6.45, 7) is 2.29. The first-order valence-corrected chi connectivity index (χ1v) is 8.01. The molecule has 1 fully saturated rings. The average Bonchev–Trinajstić information content (AvgIpc) is 3.12. The van der Waals surface area contributed by atoms with Crippen molar-refractivity contribution in [2.24, 2.45) is 5.14 Å². The maximum Gasteiger partial charge on any atom is 0.255 e. The lowest BCUT2D eigenvalue weighted by Gasteiger charge is -2.21. The van der Waals surface area contributed by atoms with Gasteiger partial charge in [-0.3, -0.25) is 4.79 Å². The molecule has 1 saturated carbocycles. The van der Waals surface area contributed by atoms with E-state index in [-0.39, 0.29) is 16.6 Å². The van der Waals surface area contributed by atoms with Crippen molar-refractivity contribution in [1.82, 2.24) is 4.90 Å². The SMILES string of the molecule is CCN(C(=O)c1cc(S(N)(=O)=O)c(F)cc1Cl)C1CC1. The van der Waals surface area contributed by atoms with Gasteiger partial charge in [-0.15, -0.1) is 0 Å². The van der Waals surface area contributed by atoms with Crippen LogP contribution in [0.25, 0.3) is 0 Å². The number of benzene rings is 1. The van der Waals surface area contributed by atoms with Gasteiger partial charge in [0.2, 0.25) is 10.0 Å². The molecule has 1 aliphatic carbocycles. The molecule has 110 valence electrons. The third-order valence-corrected chi connectivity index (χ3v) is 4.39. The maximum atomic E-state index is 13.6. The molecule has 0 saturated heterocycles. The molecule has 0 spiro atoms.